The highest BCUT2D eigenvalue weighted by molar-refractivity contribution is 5.77. The van der Waals surface area contributed by atoms with Gasteiger partial charge in [0.25, 0.3) is 0 Å². The van der Waals surface area contributed by atoms with Gasteiger partial charge < -0.3 is 10.2 Å². The summed E-state index contributed by atoms with van der Waals surface area (Å²) in [5, 5.41) is 20.0. The lowest BCUT2D eigenvalue weighted by Crippen LogP contribution is -1.94. The van der Waals surface area contributed by atoms with Crippen molar-refractivity contribution >= 4 is 5.57 Å². The Bertz CT molecular complexity index is 514. The van der Waals surface area contributed by atoms with E-state index in [1.807, 2.05) is 32.1 Å². The lowest BCUT2D eigenvalue weighted by molar-refractivity contribution is 0.432. The Hall–Kier alpha value is -1.96. The predicted octanol–water partition coefficient (Wildman–Crippen LogP) is 3.88. The van der Waals surface area contributed by atoms with Crippen molar-refractivity contribution in [3.8, 4) is 5.75 Å². The Labute approximate surface area is 101 Å². The van der Waals surface area contributed by atoms with Crippen LogP contribution in [-0.4, -0.2) is 10.2 Å². The number of aryl methyl sites for hydroxylation is 1. The number of aromatic hydroxyl groups is 1. The molecule has 0 aliphatic heterocycles. The van der Waals surface area contributed by atoms with Crippen LogP contribution in [0.1, 0.15) is 24.5 Å². The first-order valence-corrected chi connectivity index (χ1v) is 5.64. The summed E-state index contributed by atoms with van der Waals surface area (Å²) in [5.74, 6) is 0.442. The Morgan fingerprint density at radius 2 is 1.88 bits per heavy atom. The molecule has 1 aromatic carbocycles. The highest BCUT2D eigenvalue weighted by Gasteiger charge is 2.15. The average Bonchev–Trinajstić information content (AvgIpc) is 2.41. The third-order valence-corrected chi connectivity index (χ3v) is 2.95. The molecule has 0 atom stereocenters. The van der Waals surface area contributed by atoms with E-state index in [2.05, 4.69) is 0 Å². The molecule has 1 aliphatic carbocycles. The molecule has 2 nitrogen and oxygen atoms in total. The van der Waals surface area contributed by atoms with Crippen molar-refractivity contribution < 1.29 is 10.2 Å². The van der Waals surface area contributed by atoms with Crippen LogP contribution in [0.3, 0.4) is 0 Å². The number of phenols is 1. The van der Waals surface area contributed by atoms with Gasteiger partial charge in [-0.15, -0.1) is 0 Å². The van der Waals surface area contributed by atoms with E-state index in [1.165, 1.54) is 0 Å². The quantitative estimate of drug-likeness (QED) is 0.765. The van der Waals surface area contributed by atoms with Crippen LogP contribution >= 0.6 is 0 Å². The van der Waals surface area contributed by atoms with Crippen LogP contribution in [0.15, 0.2) is 47.8 Å². The van der Waals surface area contributed by atoms with E-state index in [1.54, 1.807) is 18.2 Å². The number of rotatable bonds is 1. The zero-order chi connectivity index (χ0) is 12.4. The van der Waals surface area contributed by atoms with Crippen molar-refractivity contribution in [1.82, 2.24) is 0 Å². The number of aliphatic hydroxyl groups is 1. The molecular weight excluding hydrogens is 212 g/mol. The van der Waals surface area contributed by atoms with Crippen LogP contribution in [0.2, 0.25) is 0 Å². The molecule has 0 saturated carbocycles. The molecule has 1 aliphatic rings. The van der Waals surface area contributed by atoms with Crippen LogP contribution in [0.5, 0.6) is 5.75 Å². The Morgan fingerprint density at radius 3 is 2.59 bits per heavy atom. The lowest BCUT2D eigenvalue weighted by atomic mass is 9.94. The minimum Gasteiger partial charge on any atom is -0.508 e. The molecule has 88 valence electrons. The van der Waals surface area contributed by atoms with Crippen molar-refractivity contribution in [2.45, 2.75) is 20.3 Å². The number of hydrogen-bond acceptors (Lipinski definition) is 2. The largest absolute Gasteiger partial charge is 0.508 e. The summed E-state index contributed by atoms with van der Waals surface area (Å²) in [4.78, 5) is 0. The standard InChI is InChI=1S/C15H16O2/c1-10-5-3-7-13(16)12(9-10)15-11(2)6-4-8-14(15)17/h3-8,16-17H,9H2,1-2H3. The Balaban J connectivity index is 2.60. The summed E-state index contributed by atoms with van der Waals surface area (Å²) in [7, 11) is 0. The first-order valence-electron chi connectivity index (χ1n) is 5.64. The first-order chi connectivity index (χ1) is 8.09. The zero-order valence-electron chi connectivity index (χ0n) is 10.1. The van der Waals surface area contributed by atoms with E-state index in [-0.39, 0.29) is 11.5 Å². The zero-order valence-corrected chi connectivity index (χ0v) is 10.1. The van der Waals surface area contributed by atoms with Gasteiger partial charge in [0.1, 0.15) is 11.5 Å². The highest BCUT2D eigenvalue weighted by Crippen LogP contribution is 2.35. The topological polar surface area (TPSA) is 40.5 Å². The third kappa shape index (κ3) is 2.26. The second-order valence-corrected chi connectivity index (χ2v) is 4.38. The van der Waals surface area contributed by atoms with Crippen molar-refractivity contribution in [2.24, 2.45) is 0 Å². The fourth-order valence-corrected chi connectivity index (χ4v) is 2.09. The van der Waals surface area contributed by atoms with E-state index >= 15 is 0 Å². The van der Waals surface area contributed by atoms with Gasteiger partial charge >= 0.3 is 0 Å². The third-order valence-electron chi connectivity index (χ3n) is 2.95. The van der Waals surface area contributed by atoms with Crippen LogP contribution < -0.4 is 0 Å². The molecule has 1 aromatic rings. The molecule has 17 heavy (non-hydrogen) atoms. The van der Waals surface area contributed by atoms with E-state index < -0.39 is 0 Å². The molecule has 2 N–H and O–H groups in total. The molecule has 2 rings (SSSR count). The van der Waals surface area contributed by atoms with Gasteiger partial charge in [-0.05, 0) is 38.0 Å². The maximum Gasteiger partial charge on any atom is 0.123 e. The van der Waals surface area contributed by atoms with Gasteiger partial charge in [-0.3, -0.25) is 0 Å². The molecule has 0 fully saturated rings. The van der Waals surface area contributed by atoms with Crippen LogP contribution in [0, 0.1) is 6.92 Å². The van der Waals surface area contributed by atoms with Gasteiger partial charge in [-0.1, -0.05) is 29.9 Å². The van der Waals surface area contributed by atoms with Gasteiger partial charge in [0, 0.05) is 11.1 Å². The SMILES string of the molecule is CC1=CC=CC(O)=C(c2c(C)cccc2O)C1. The molecule has 0 heterocycles. The van der Waals surface area contributed by atoms with Crippen LogP contribution in [-0.2, 0) is 0 Å². The smallest absolute Gasteiger partial charge is 0.123 e. The maximum atomic E-state index is 10.0. The van der Waals surface area contributed by atoms with Crippen LogP contribution in [0.4, 0.5) is 0 Å². The fourth-order valence-electron chi connectivity index (χ4n) is 2.09. The summed E-state index contributed by atoms with van der Waals surface area (Å²) < 4.78 is 0. The summed E-state index contributed by atoms with van der Waals surface area (Å²) in [6.45, 7) is 3.95. The minimum atomic E-state index is 0.217. The minimum absolute atomic E-state index is 0.217. The molecular formula is C15H16O2. The summed E-state index contributed by atoms with van der Waals surface area (Å²) in [6, 6.07) is 5.39. The normalized spacial score (nSPS) is 15.8. The van der Waals surface area contributed by atoms with Gasteiger partial charge in [-0.25, -0.2) is 0 Å². The number of allylic oxidation sites excluding steroid dienone is 5. The monoisotopic (exact) mass is 228 g/mol. The number of hydrogen-bond donors (Lipinski definition) is 2. The maximum absolute atomic E-state index is 10.0. The number of aliphatic hydroxyl groups excluding tert-OH is 1. The second kappa shape index (κ2) is 4.50. The molecule has 0 spiro atoms. The Morgan fingerprint density at radius 1 is 1.12 bits per heavy atom. The molecule has 0 unspecified atom stereocenters. The van der Waals surface area contributed by atoms with Crippen molar-refractivity contribution in [1.29, 1.82) is 0 Å². The van der Waals surface area contributed by atoms with E-state index in [4.69, 9.17) is 0 Å². The summed E-state index contributed by atoms with van der Waals surface area (Å²) in [5.41, 5.74) is 3.64. The van der Waals surface area contributed by atoms with E-state index in [0.717, 1.165) is 22.3 Å². The molecule has 0 radical (unpaired) electrons. The number of phenolic OH excluding ortho intramolecular Hbond substituents is 1. The summed E-state index contributed by atoms with van der Waals surface area (Å²) in [6.07, 6.45) is 6.11. The van der Waals surface area contributed by atoms with Gasteiger partial charge in [0.05, 0.1) is 0 Å². The summed E-state index contributed by atoms with van der Waals surface area (Å²) >= 11 is 0. The Kier molecular flexibility index (Phi) is 3.05. The fraction of sp³-hybridized carbons (Fsp3) is 0.200. The van der Waals surface area contributed by atoms with Crippen molar-refractivity contribution in [3.63, 3.8) is 0 Å². The molecule has 0 saturated heterocycles. The van der Waals surface area contributed by atoms with Crippen molar-refractivity contribution in [3.05, 3.63) is 58.9 Å². The van der Waals surface area contributed by atoms with Gasteiger partial charge in [-0.2, -0.15) is 0 Å². The predicted molar refractivity (Wildman–Crippen MR) is 69.9 cm³/mol. The van der Waals surface area contributed by atoms with E-state index in [9.17, 15) is 10.2 Å². The average molecular weight is 228 g/mol. The molecule has 2 heteroatoms. The number of benzene rings is 1. The molecule has 0 aromatic heterocycles. The van der Waals surface area contributed by atoms with Crippen LogP contribution in [0.25, 0.3) is 5.57 Å². The second-order valence-electron chi connectivity index (χ2n) is 4.38. The highest BCUT2D eigenvalue weighted by atomic mass is 16.3. The van der Waals surface area contributed by atoms with Gasteiger partial charge in [0.2, 0.25) is 0 Å². The van der Waals surface area contributed by atoms with E-state index in [0.29, 0.717) is 6.42 Å². The molecule has 0 bridgehead atoms. The molecule has 0 amide bonds. The van der Waals surface area contributed by atoms with Gasteiger partial charge in [0.15, 0.2) is 0 Å². The first kappa shape index (κ1) is 11.5. The lowest BCUT2D eigenvalue weighted by Gasteiger charge is -2.13. The van der Waals surface area contributed by atoms with Crippen molar-refractivity contribution in [2.75, 3.05) is 0 Å².